The molecule has 0 aliphatic carbocycles. The summed E-state index contributed by atoms with van der Waals surface area (Å²) in [6.07, 6.45) is 1.26. The lowest BCUT2D eigenvalue weighted by Gasteiger charge is -2.25. The molecule has 1 unspecified atom stereocenters. The summed E-state index contributed by atoms with van der Waals surface area (Å²) >= 11 is 0. The molecule has 5 heteroatoms. The quantitative estimate of drug-likeness (QED) is 0.741. The first-order valence-corrected chi connectivity index (χ1v) is 6.27. The number of halogens is 1. The van der Waals surface area contributed by atoms with E-state index in [-0.39, 0.29) is 11.7 Å². The van der Waals surface area contributed by atoms with Gasteiger partial charge in [-0.2, -0.15) is 0 Å². The van der Waals surface area contributed by atoms with Crippen molar-refractivity contribution in [1.29, 1.82) is 0 Å². The molecule has 0 aliphatic heterocycles. The molecule has 0 saturated carbocycles. The zero-order valence-electron chi connectivity index (χ0n) is 11.6. The first-order chi connectivity index (χ1) is 8.89. The topological polar surface area (TPSA) is 64.3 Å². The van der Waals surface area contributed by atoms with Crippen molar-refractivity contribution in [3.8, 4) is 5.75 Å². The number of benzene rings is 1. The summed E-state index contributed by atoms with van der Waals surface area (Å²) in [7, 11) is 1.70. The number of carbonyl (C=O) groups excluding carboxylic acids is 1. The number of rotatable bonds is 7. The van der Waals surface area contributed by atoms with E-state index in [4.69, 9.17) is 10.5 Å². The van der Waals surface area contributed by atoms with Gasteiger partial charge in [0, 0.05) is 0 Å². The standard InChI is InChI=1S/C14H21FN2O2/c1-10-9-11(5-6-12(10)15)19-8-4-7-14(2,17-3)13(16)18/h5-6,9,17H,4,7-8H2,1-3H3,(H2,16,18). The van der Waals surface area contributed by atoms with Crippen LogP contribution in [0.5, 0.6) is 5.75 Å². The molecule has 1 aromatic rings. The van der Waals surface area contributed by atoms with Crippen molar-refractivity contribution in [3.05, 3.63) is 29.6 Å². The molecule has 1 atom stereocenters. The van der Waals surface area contributed by atoms with E-state index in [1.54, 1.807) is 33.0 Å². The summed E-state index contributed by atoms with van der Waals surface area (Å²) in [5.41, 5.74) is 5.16. The Morgan fingerprint density at radius 1 is 1.53 bits per heavy atom. The Hall–Kier alpha value is -1.62. The van der Waals surface area contributed by atoms with Crippen LogP contribution in [0.4, 0.5) is 4.39 Å². The van der Waals surface area contributed by atoms with Crippen LogP contribution in [0.1, 0.15) is 25.3 Å². The van der Waals surface area contributed by atoms with Crippen molar-refractivity contribution in [1.82, 2.24) is 5.32 Å². The molecular weight excluding hydrogens is 247 g/mol. The van der Waals surface area contributed by atoms with Gasteiger partial charge in [-0.25, -0.2) is 4.39 Å². The number of aryl methyl sites for hydroxylation is 1. The third kappa shape index (κ3) is 4.21. The summed E-state index contributed by atoms with van der Waals surface area (Å²) in [6.45, 7) is 3.90. The molecule has 0 saturated heterocycles. The lowest BCUT2D eigenvalue weighted by Crippen LogP contribution is -2.51. The Morgan fingerprint density at radius 3 is 2.74 bits per heavy atom. The van der Waals surface area contributed by atoms with Gasteiger partial charge in [0.2, 0.25) is 5.91 Å². The van der Waals surface area contributed by atoms with Crippen molar-refractivity contribution in [2.24, 2.45) is 5.73 Å². The van der Waals surface area contributed by atoms with Gasteiger partial charge in [0.25, 0.3) is 0 Å². The second-order valence-electron chi connectivity index (χ2n) is 4.81. The van der Waals surface area contributed by atoms with Crippen molar-refractivity contribution in [3.63, 3.8) is 0 Å². The molecule has 106 valence electrons. The molecule has 1 aromatic carbocycles. The normalized spacial score (nSPS) is 13.9. The molecule has 19 heavy (non-hydrogen) atoms. The van der Waals surface area contributed by atoms with Crippen LogP contribution in [0.25, 0.3) is 0 Å². The molecule has 0 spiro atoms. The van der Waals surface area contributed by atoms with E-state index >= 15 is 0 Å². The van der Waals surface area contributed by atoms with Gasteiger partial charge < -0.3 is 15.8 Å². The number of likely N-dealkylation sites (N-methyl/N-ethyl adjacent to an activating group) is 1. The monoisotopic (exact) mass is 268 g/mol. The van der Waals surface area contributed by atoms with Gasteiger partial charge in [-0.3, -0.25) is 4.79 Å². The number of carbonyl (C=O) groups is 1. The molecule has 3 N–H and O–H groups in total. The van der Waals surface area contributed by atoms with Gasteiger partial charge >= 0.3 is 0 Å². The second-order valence-corrected chi connectivity index (χ2v) is 4.81. The fraction of sp³-hybridized carbons (Fsp3) is 0.500. The highest BCUT2D eigenvalue weighted by molar-refractivity contribution is 5.84. The largest absolute Gasteiger partial charge is 0.494 e. The maximum Gasteiger partial charge on any atom is 0.237 e. The Balaban J connectivity index is 2.42. The van der Waals surface area contributed by atoms with Crippen molar-refractivity contribution >= 4 is 5.91 Å². The third-order valence-electron chi connectivity index (χ3n) is 3.31. The average Bonchev–Trinajstić information content (AvgIpc) is 2.38. The van der Waals surface area contributed by atoms with E-state index in [0.717, 1.165) is 0 Å². The predicted octanol–water partition coefficient (Wildman–Crippen LogP) is 1.76. The molecule has 0 aromatic heterocycles. The highest BCUT2D eigenvalue weighted by Crippen LogP contribution is 2.17. The van der Waals surface area contributed by atoms with Crippen LogP contribution in [-0.4, -0.2) is 25.1 Å². The molecule has 1 amide bonds. The zero-order valence-corrected chi connectivity index (χ0v) is 11.6. The summed E-state index contributed by atoms with van der Waals surface area (Å²) in [5, 5.41) is 2.91. The molecule has 0 aliphatic rings. The van der Waals surface area contributed by atoms with Crippen LogP contribution in [0.15, 0.2) is 18.2 Å². The number of ether oxygens (including phenoxy) is 1. The van der Waals surface area contributed by atoms with Crippen LogP contribution in [0, 0.1) is 12.7 Å². The number of nitrogens with one attached hydrogen (secondary N) is 1. The number of nitrogens with two attached hydrogens (primary N) is 1. The van der Waals surface area contributed by atoms with Gasteiger partial charge in [0.05, 0.1) is 12.1 Å². The summed E-state index contributed by atoms with van der Waals surface area (Å²) < 4.78 is 18.6. The zero-order chi connectivity index (χ0) is 14.5. The highest BCUT2D eigenvalue weighted by atomic mass is 19.1. The van der Waals surface area contributed by atoms with Crippen LogP contribution >= 0.6 is 0 Å². The van der Waals surface area contributed by atoms with Crippen LogP contribution in [0.3, 0.4) is 0 Å². The first-order valence-electron chi connectivity index (χ1n) is 6.27. The SMILES string of the molecule is CNC(C)(CCCOc1ccc(F)c(C)c1)C(N)=O. The van der Waals surface area contributed by atoms with Gasteiger partial charge in [0.1, 0.15) is 11.6 Å². The molecule has 0 heterocycles. The van der Waals surface area contributed by atoms with Crippen molar-refractivity contribution in [2.45, 2.75) is 32.2 Å². The number of primary amides is 1. The minimum atomic E-state index is -0.720. The van der Waals surface area contributed by atoms with Crippen LogP contribution in [0.2, 0.25) is 0 Å². The summed E-state index contributed by atoms with van der Waals surface area (Å²) in [5.74, 6) is 0.000555. The maximum atomic E-state index is 13.1. The molecule has 1 rings (SSSR count). The minimum absolute atomic E-state index is 0.246. The fourth-order valence-corrected chi connectivity index (χ4v) is 1.69. The first kappa shape index (κ1) is 15.4. The molecule has 0 radical (unpaired) electrons. The van der Waals surface area contributed by atoms with E-state index in [2.05, 4.69) is 5.32 Å². The average molecular weight is 268 g/mol. The van der Waals surface area contributed by atoms with E-state index in [0.29, 0.717) is 30.8 Å². The number of hydrogen-bond donors (Lipinski definition) is 2. The van der Waals surface area contributed by atoms with E-state index in [9.17, 15) is 9.18 Å². The second kappa shape index (κ2) is 6.52. The maximum absolute atomic E-state index is 13.1. The van der Waals surface area contributed by atoms with E-state index in [1.807, 2.05) is 0 Å². The van der Waals surface area contributed by atoms with Gasteiger partial charge in [-0.1, -0.05) is 0 Å². The predicted molar refractivity (Wildman–Crippen MR) is 72.5 cm³/mol. The van der Waals surface area contributed by atoms with Crippen molar-refractivity contribution in [2.75, 3.05) is 13.7 Å². The Labute approximate surface area is 113 Å². The van der Waals surface area contributed by atoms with Crippen LogP contribution in [-0.2, 0) is 4.79 Å². The molecule has 0 fully saturated rings. The fourth-order valence-electron chi connectivity index (χ4n) is 1.69. The summed E-state index contributed by atoms with van der Waals surface area (Å²) in [6, 6.07) is 4.63. The number of hydrogen-bond acceptors (Lipinski definition) is 3. The molecule has 0 bridgehead atoms. The Kier molecular flexibility index (Phi) is 5.30. The Morgan fingerprint density at radius 2 is 2.21 bits per heavy atom. The highest BCUT2D eigenvalue weighted by Gasteiger charge is 2.28. The number of amides is 1. The summed E-state index contributed by atoms with van der Waals surface area (Å²) in [4.78, 5) is 11.3. The van der Waals surface area contributed by atoms with E-state index in [1.165, 1.54) is 6.07 Å². The van der Waals surface area contributed by atoms with Gasteiger partial charge in [-0.15, -0.1) is 0 Å². The van der Waals surface area contributed by atoms with Crippen molar-refractivity contribution < 1.29 is 13.9 Å². The molecular formula is C14H21FN2O2. The lowest BCUT2D eigenvalue weighted by molar-refractivity contribution is -0.123. The molecule has 4 nitrogen and oxygen atoms in total. The minimum Gasteiger partial charge on any atom is -0.494 e. The van der Waals surface area contributed by atoms with Gasteiger partial charge in [0.15, 0.2) is 0 Å². The van der Waals surface area contributed by atoms with Gasteiger partial charge in [-0.05, 0) is 57.5 Å². The third-order valence-corrected chi connectivity index (χ3v) is 3.31. The van der Waals surface area contributed by atoms with Crippen LogP contribution < -0.4 is 15.8 Å². The Bertz CT molecular complexity index is 451. The lowest BCUT2D eigenvalue weighted by atomic mass is 9.95. The smallest absolute Gasteiger partial charge is 0.237 e. The van der Waals surface area contributed by atoms with E-state index < -0.39 is 5.54 Å².